The van der Waals surface area contributed by atoms with Crippen molar-refractivity contribution in [3.8, 4) is 0 Å². The van der Waals surface area contributed by atoms with Gasteiger partial charge in [0, 0.05) is 20.3 Å². The average molecular weight is 267 g/mol. The fourth-order valence-corrected chi connectivity index (χ4v) is 2.79. The van der Waals surface area contributed by atoms with Crippen molar-refractivity contribution in [3.63, 3.8) is 0 Å². The van der Waals surface area contributed by atoms with Crippen LogP contribution < -0.4 is 0 Å². The van der Waals surface area contributed by atoms with Crippen molar-refractivity contribution in [2.24, 2.45) is 11.8 Å². The highest BCUT2D eigenvalue weighted by Crippen LogP contribution is 2.25. The molecule has 0 aromatic carbocycles. The molecule has 19 heavy (non-hydrogen) atoms. The van der Waals surface area contributed by atoms with Crippen LogP contribution in [0.5, 0.6) is 0 Å². The van der Waals surface area contributed by atoms with E-state index in [1.807, 2.05) is 7.11 Å². The standard InChI is InChI=1S/C17H31O2/c1-5-6-8-15(3)17(18-4)12-14(2)11-16-9-7-10-19-13-16/h11,15-17H,2,5-10,12-13H2,1,3-4H3/t15-,16-,17-/m0/s1. The van der Waals surface area contributed by atoms with Crippen molar-refractivity contribution in [1.29, 1.82) is 0 Å². The van der Waals surface area contributed by atoms with Crippen molar-refractivity contribution in [2.45, 2.75) is 58.5 Å². The predicted molar refractivity (Wildman–Crippen MR) is 81.1 cm³/mol. The molecule has 1 radical (unpaired) electrons. The van der Waals surface area contributed by atoms with E-state index in [4.69, 9.17) is 9.47 Å². The Balaban J connectivity index is 2.30. The highest BCUT2D eigenvalue weighted by molar-refractivity contribution is 5.12. The molecule has 0 N–H and O–H groups in total. The van der Waals surface area contributed by atoms with Crippen LogP contribution in [-0.2, 0) is 9.47 Å². The lowest BCUT2D eigenvalue weighted by atomic mass is 9.88. The topological polar surface area (TPSA) is 18.5 Å². The molecule has 0 amide bonds. The molecule has 0 aromatic heterocycles. The Labute approximate surface area is 119 Å². The van der Waals surface area contributed by atoms with E-state index in [-0.39, 0.29) is 0 Å². The third-order valence-electron chi connectivity index (χ3n) is 4.08. The Morgan fingerprint density at radius 1 is 1.53 bits per heavy atom. The van der Waals surface area contributed by atoms with E-state index in [1.54, 1.807) is 0 Å². The van der Waals surface area contributed by atoms with E-state index in [9.17, 15) is 0 Å². The van der Waals surface area contributed by atoms with Gasteiger partial charge < -0.3 is 9.47 Å². The van der Waals surface area contributed by atoms with Gasteiger partial charge in [-0.2, -0.15) is 0 Å². The fourth-order valence-electron chi connectivity index (χ4n) is 2.79. The molecule has 1 fully saturated rings. The van der Waals surface area contributed by atoms with Gasteiger partial charge in [0.25, 0.3) is 0 Å². The monoisotopic (exact) mass is 267 g/mol. The minimum absolute atomic E-state index is 0.305. The van der Waals surface area contributed by atoms with E-state index in [2.05, 4.69) is 26.8 Å². The molecule has 1 heterocycles. The molecule has 0 bridgehead atoms. The van der Waals surface area contributed by atoms with Crippen LogP contribution >= 0.6 is 0 Å². The Kier molecular flexibility index (Phi) is 8.40. The number of ether oxygens (including phenoxy) is 2. The van der Waals surface area contributed by atoms with Crippen LogP contribution in [0.2, 0.25) is 0 Å². The number of unbranched alkanes of at least 4 members (excludes halogenated alkanes) is 1. The minimum atomic E-state index is 0.305. The first kappa shape index (κ1) is 16.7. The molecule has 1 aliphatic heterocycles. The summed E-state index contributed by atoms with van der Waals surface area (Å²) in [5.74, 6) is 1.17. The maximum Gasteiger partial charge on any atom is 0.0633 e. The summed E-state index contributed by atoms with van der Waals surface area (Å²) in [7, 11) is 1.82. The number of rotatable bonds is 9. The average Bonchev–Trinajstić information content (AvgIpc) is 2.43. The van der Waals surface area contributed by atoms with Gasteiger partial charge >= 0.3 is 0 Å². The molecule has 1 rings (SSSR count). The van der Waals surface area contributed by atoms with Crippen LogP contribution in [0.15, 0.2) is 12.2 Å². The van der Waals surface area contributed by atoms with Crippen molar-refractivity contribution in [2.75, 3.05) is 20.3 Å². The van der Waals surface area contributed by atoms with Crippen molar-refractivity contribution < 1.29 is 9.47 Å². The van der Waals surface area contributed by atoms with Crippen molar-refractivity contribution >= 4 is 0 Å². The Hall–Kier alpha value is -0.340. The summed E-state index contributed by atoms with van der Waals surface area (Å²) >= 11 is 0. The van der Waals surface area contributed by atoms with Gasteiger partial charge in [0.05, 0.1) is 6.10 Å². The summed E-state index contributed by atoms with van der Waals surface area (Å²) in [6, 6.07) is 0. The van der Waals surface area contributed by atoms with Gasteiger partial charge in [-0.05, 0) is 43.9 Å². The second-order valence-electron chi connectivity index (χ2n) is 5.90. The molecule has 3 atom stereocenters. The molecule has 0 aromatic rings. The molecule has 0 spiro atoms. The minimum Gasteiger partial charge on any atom is -0.381 e. The van der Waals surface area contributed by atoms with Gasteiger partial charge in [0.15, 0.2) is 0 Å². The maximum absolute atomic E-state index is 5.66. The maximum atomic E-state index is 5.66. The zero-order valence-electron chi connectivity index (χ0n) is 13.0. The number of hydrogen-bond acceptors (Lipinski definition) is 2. The fraction of sp³-hybridized carbons (Fsp3) is 0.824. The molecule has 111 valence electrons. The summed E-state index contributed by atoms with van der Waals surface area (Å²) in [4.78, 5) is 0. The Morgan fingerprint density at radius 2 is 2.32 bits per heavy atom. The van der Waals surface area contributed by atoms with Crippen molar-refractivity contribution in [1.82, 2.24) is 0 Å². The molecule has 0 unspecified atom stereocenters. The first-order chi connectivity index (χ1) is 9.17. The van der Waals surface area contributed by atoms with Crippen LogP contribution in [0.4, 0.5) is 0 Å². The Morgan fingerprint density at radius 3 is 2.89 bits per heavy atom. The highest BCUT2D eigenvalue weighted by atomic mass is 16.5. The summed E-state index contributed by atoms with van der Waals surface area (Å²) in [5.41, 5.74) is 1.21. The zero-order chi connectivity index (χ0) is 14.1. The second-order valence-corrected chi connectivity index (χ2v) is 5.90. The van der Waals surface area contributed by atoms with Crippen LogP contribution in [0.3, 0.4) is 0 Å². The van der Waals surface area contributed by atoms with E-state index in [0.29, 0.717) is 17.9 Å². The van der Waals surface area contributed by atoms with Crippen molar-refractivity contribution in [3.05, 3.63) is 18.6 Å². The summed E-state index contributed by atoms with van der Waals surface area (Å²) in [6.07, 6.45) is 9.77. The SMILES string of the molecule is C=C([CH][C@@H]1CCCOC1)C[C@H](OC)[C@@H](C)CCCC. The predicted octanol–water partition coefficient (Wildman–Crippen LogP) is 4.40. The first-order valence-electron chi connectivity index (χ1n) is 7.80. The molecule has 0 aliphatic carbocycles. The molecule has 1 aliphatic rings. The Bertz CT molecular complexity index is 244. The lowest BCUT2D eigenvalue weighted by molar-refractivity contribution is 0.0520. The van der Waals surface area contributed by atoms with Gasteiger partial charge in [-0.15, -0.1) is 0 Å². The van der Waals surface area contributed by atoms with Gasteiger partial charge in [-0.25, -0.2) is 0 Å². The van der Waals surface area contributed by atoms with Crippen LogP contribution in [-0.4, -0.2) is 26.4 Å². The molecule has 2 heteroatoms. The second kappa shape index (κ2) is 9.55. The molecule has 1 saturated heterocycles. The summed E-state index contributed by atoms with van der Waals surface area (Å²) in [6.45, 7) is 10.5. The van der Waals surface area contributed by atoms with E-state index >= 15 is 0 Å². The third kappa shape index (κ3) is 6.58. The van der Waals surface area contributed by atoms with Crippen LogP contribution in [0.25, 0.3) is 0 Å². The number of methoxy groups -OCH3 is 1. The van der Waals surface area contributed by atoms with E-state index < -0.39 is 0 Å². The normalized spacial score (nSPS) is 23.0. The quantitative estimate of drug-likeness (QED) is 0.616. The van der Waals surface area contributed by atoms with Gasteiger partial charge in [0.2, 0.25) is 0 Å². The zero-order valence-corrected chi connectivity index (χ0v) is 13.0. The lowest BCUT2D eigenvalue weighted by Crippen LogP contribution is -2.23. The molecular formula is C17H31O2. The summed E-state index contributed by atoms with van der Waals surface area (Å²) in [5, 5.41) is 0. The summed E-state index contributed by atoms with van der Waals surface area (Å²) < 4.78 is 11.2. The molecule has 2 nitrogen and oxygen atoms in total. The smallest absolute Gasteiger partial charge is 0.0633 e. The van der Waals surface area contributed by atoms with Gasteiger partial charge in [-0.1, -0.05) is 38.8 Å². The van der Waals surface area contributed by atoms with Crippen LogP contribution in [0, 0.1) is 18.3 Å². The first-order valence-corrected chi connectivity index (χ1v) is 7.80. The highest BCUT2D eigenvalue weighted by Gasteiger charge is 2.20. The third-order valence-corrected chi connectivity index (χ3v) is 4.08. The van der Waals surface area contributed by atoms with Gasteiger partial charge in [-0.3, -0.25) is 0 Å². The number of hydrogen-bond donors (Lipinski definition) is 0. The molecule has 0 saturated carbocycles. The lowest BCUT2D eigenvalue weighted by Gasteiger charge is -2.26. The van der Waals surface area contributed by atoms with E-state index in [1.165, 1.54) is 37.7 Å². The van der Waals surface area contributed by atoms with Crippen LogP contribution in [0.1, 0.15) is 52.4 Å². The van der Waals surface area contributed by atoms with E-state index in [0.717, 1.165) is 19.6 Å². The van der Waals surface area contributed by atoms with Gasteiger partial charge in [0.1, 0.15) is 0 Å². The largest absolute Gasteiger partial charge is 0.381 e. The molecular weight excluding hydrogens is 236 g/mol.